The first-order valence-corrected chi connectivity index (χ1v) is 5.15. The molecule has 2 heteroatoms. The maximum absolute atomic E-state index is 5.63. The van der Waals surface area contributed by atoms with Crippen molar-refractivity contribution in [3.63, 3.8) is 0 Å². The minimum Gasteiger partial charge on any atom is -0.499 e. The lowest BCUT2D eigenvalue weighted by Crippen LogP contribution is -2.17. The number of rotatable bonds is 3. The summed E-state index contributed by atoms with van der Waals surface area (Å²) in [6.07, 6.45) is 7.07. The third-order valence-corrected chi connectivity index (χ3v) is 2.13. The van der Waals surface area contributed by atoms with Crippen LogP contribution in [-0.2, 0) is 9.47 Å². The van der Waals surface area contributed by atoms with E-state index in [1.54, 1.807) is 0 Å². The molecule has 0 amide bonds. The normalized spacial score (nSPS) is 23.4. The van der Waals surface area contributed by atoms with Crippen molar-refractivity contribution in [1.29, 1.82) is 0 Å². The van der Waals surface area contributed by atoms with Crippen LogP contribution in [-0.4, -0.2) is 19.3 Å². The molecule has 76 valence electrons. The highest BCUT2D eigenvalue weighted by molar-refractivity contribution is 4.86. The van der Waals surface area contributed by atoms with E-state index in [0.717, 1.165) is 13.0 Å². The van der Waals surface area contributed by atoms with Gasteiger partial charge >= 0.3 is 0 Å². The Hall–Kier alpha value is -0.500. The Morgan fingerprint density at radius 1 is 1.38 bits per heavy atom. The Bertz CT molecular complexity index is 151. The lowest BCUT2D eigenvalue weighted by atomic mass is 10.1. The van der Waals surface area contributed by atoms with E-state index in [2.05, 4.69) is 0 Å². The van der Waals surface area contributed by atoms with Crippen molar-refractivity contribution in [3.8, 4) is 0 Å². The predicted molar refractivity (Wildman–Crippen MR) is 53.6 cm³/mol. The van der Waals surface area contributed by atoms with Gasteiger partial charge in [0.2, 0.25) is 0 Å². The molecule has 1 unspecified atom stereocenters. The zero-order valence-corrected chi connectivity index (χ0v) is 8.71. The summed E-state index contributed by atoms with van der Waals surface area (Å²) in [6, 6.07) is 0. The Kier molecular flexibility index (Phi) is 4.91. The molecule has 0 spiro atoms. The smallest absolute Gasteiger partial charge is 0.113 e. The minimum atomic E-state index is 0.318. The summed E-state index contributed by atoms with van der Waals surface area (Å²) in [5.74, 6) is 0. The van der Waals surface area contributed by atoms with Gasteiger partial charge in [-0.2, -0.15) is 0 Å². The Morgan fingerprint density at radius 2 is 2.23 bits per heavy atom. The summed E-state index contributed by atoms with van der Waals surface area (Å²) in [5, 5.41) is 0. The molecule has 0 aromatic heterocycles. The fourth-order valence-electron chi connectivity index (χ4n) is 1.44. The second kappa shape index (κ2) is 6.03. The highest BCUT2D eigenvalue weighted by Gasteiger charge is 2.11. The number of hydrogen-bond donors (Lipinski definition) is 0. The van der Waals surface area contributed by atoms with Crippen LogP contribution >= 0.6 is 0 Å². The van der Waals surface area contributed by atoms with Gasteiger partial charge in [-0.3, -0.25) is 0 Å². The lowest BCUT2D eigenvalue weighted by molar-refractivity contribution is 0.0120. The number of allylic oxidation sites excluding steroid dienone is 1. The van der Waals surface area contributed by atoms with Gasteiger partial charge in [0.25, 0.3) is 0 Å². The van der Waals surface area contributed by atoms with Crippen LogP contribution in [0.25, 0.3) is 0 Å². The quantitative estimate of drug-likeness (QED) is 0.628. The highest BCUT2D eigenvalue weighted by atomic mass is 16.5. The number of ether oxygens (including phenoxy) is 2. The maximum Gasteiger partial charge on any atom is 0.113 e. The third kappa shape index (κ3) is 4.94. The molecule has 0 saturated carbocycles. The number of hydrogen-bond acceptors (Lipinski definition) is 2. The van der Waals surface area contributed by atoms with Crippen molar-refractivity contribution < 1.29 is 9.47 Å². The largest absolute Gasteiger partial charge is 0.499 e. The SMILES string of the molecule is CC(C)=COCC1CCCCCO1. The Labute approximate surface area is 80.9 Å². The first-order valence-electron chi connectivity index (χ1n) is 5.15. The van der Waals surface area contributed by atoms with E-state index in [1.807, 2.05) is 20.1 Å². The Morgan fingerprint density at radius 3 is 3.00 bits per heavy atom. The summed E-state index contributed by atoms with van der Waals surface area (Å²) in [7, 11) is 0. The van der Waals surface area contributed by atoms with Crippen molar-refractivity contribution in [2.45, 2.75) is 45.6 Å². The van der Waals surface area contributed by atoms with Gasteiger partial charge in [0, 0.05) is 6.61 Å². The predicted octanol–water partition coefficient (Wildman–Crippen LogP) is 2.89. The highest BCUT2D eigenvalue weighted by Crippen LogP contribution is 2.13. The van der Waals surface area contributed by atoms with Crippen molar-refractivity contribution >= 4 is 0 Å². The average molecular weight is 184 g/mol. The first-order chi connectivity index (χ1) is 6.29. The molecular formula is C11H20O2. The second-order valence-electron chi connectivity index (χ2n) is 3.87. The minimum absolute atomic E-state index is 0.318. The molecule has 1 aliphatic rings. The molecule has 1 aliphatic heterocycles. The van der Waals surface area contributed by atoms with Crippen LogP contribution in [0, 0.1) is 0 Å². The van der Waals surface area contributed by atoms with E-state index in [-0.39, 0.29) is 0 Å². The summed E-state index contributed by atoms with van der Waals surface area (Å²) >= 11 is 0. The van der Waals surface area contributed by atoms with Gasteiger partial charge in [0.1, 0.15) is 6.61 Å². The van der Waals surface area contributed by atoms with E-state index in [4.69, 9.17) is 9.47 Å². The van der Waals surface area contributed by atoms with Crippen molar-refractivity contribution in [3.05, 3.63) is 11.8 Å². The van der Waals surface area contributed by atoms with Crippen molar-refractivity contribution in [2.75, 3.05) is 13.2 Å². The summed E-state index contributed by atoms with van der Waals surface area (Å²) in [4.78, 5) is 0. The van der Waals surface area contributed by atoms with E-state index in [0.29, 0.717) is 12.7 Å². The van der Waals surface area contributed by atoms with E-state index >= 15 is 0 Å². The third-order valence-electron chi connectivity index (χ3n) is 2.13. The molecule has 1 saturated heterocycles. The molecule has 2 nitrogen and oxygen atoms in total. The molecule has 0 aromatic rings. The Balaban J connectivity index is 2.15. The zero-order chi connectivity index (χ0) is 9.52. The van der Waals surface area contributed by atoms with Crippen LogP contribution < -0.4 is 0 Å². The zero-order valence-electron chi connectivity index (χ0n) is 8.71. The van der Waals surface area contributed by atoms with Crippen LogP contribution in [0.15, 0.2) is 11.8 Å². The van der Waals surface area contributed by atoms with Gasteiger partial charge in [-0.25, -0.2) is 0 Å². The van der Waals surface area contributed by atoms with Crippen LogP contribution in [0.3, 0.4) is 0 Å². The van der Waals surface area contributed by atoms with Crippen molar-refractivity contribution in [1.82, 2.24) is 0 Å². The van der Waals surface area contributed by atoms with E-state index < -0.39 is 0 Å². The molecule has 1 atom stereocenters. The molecule has 1 rings (SSSR count). The van der Waals surface area contributed by atoms with Gasteiger partial charge in [0.05, 0.1) is 12.4 Å². The van der Waals surface area contributed by atoms with Gasteiger partial charge in [0.15, 0.2) is 0 Å². The molecule has 0 N–H and O–H groups in total. The molecule has 0 bridgehead atoms. The fraction of sp³-hybridized carbons (Fsp3) is 0.818. The summed E-state index contributed by atoms with van der Waals surface area (Å²) in [6.45, 7) is 5.69. The average Bonchev–Trinajstić information content (AvgIpc) is 2.32. The lowest BCUT2D eigenvalue weighted by Gasteiger charge is -2.13. The van der Waals surface area contributed by atoms with Crippen LogP contribution in [0.2, 0.25) is 0 Å². The summed E-state index contributed by atoms with van der Waals surface area (Å²) < 4.78 is 11.0. The van der Waals surface area contributed by atoms with Crippen molar-refractivity contribution in [2.24, 2.45) is 0 Å². The van der Waals surface area contributed by atoms with Crippen LogP contribution in [0.5, 0.6) is 0 Å². The van der Waals surface area contributed by atoms with Crippen LogP contribution in [0.4, 0.5) is 0 Å². The molecular weight excluding hydrogens is 164 g/mol. The van der Waals surface area contributed by atoms with Gasteiger partial charge in [-0.15, -0.1) is 0 Å². The fourth-order valence-corrected chi connectivity index (χ4v) is 1.44. The van der Waals surface area contributed by atoms with E-state index in [9.17, 15) is 0 Å². The van der Waals surface area contributed by atoms with E-state index in [1.165, 1.54) is 24.8 Å². The van der Waals surface area contributed by atoms with Gasteiger partial charge in [-0.1, -0.05) is 12.8 Å². The molecule has 1 heterocycles. The molecule has 0 aromatic carbocycles. The molecule has 0 radical (unpaired) electrons. The standard InChI is InChI=1S/C11H20O2/c1-10(2)8-12-9-11-6-4-3-5-7-13-11/h8,11H,3-7,9H2,1-2H3. The van der Waals surface area contributed by atoms with Gasteiger partial charge in [-0.05, 0) is 32.3 Å². The first kappa shape index (κ1) is 10.6. The van der Waals surface area contributed by atoms with Gasteiger partial charge < -0.3 is 9.47 Å². The molecule has 0 aliphatic carbocycles. The monoisotopic (exact) mass is 184 g/mol. The second-order valence-corrected chi connectivity index (χ2v) is 3.87. The molecule has 13 heavy (non-hydrogen) atoms. The van der Waals surface area contributed by atoms with Crippen LogP contribution in [0.1, 0.15) is 39.5 Å². The molecule has 1 fully saturated rings. The maximum atomic E-state index is 5.63. The summed E-state index contributed by atoms with van der Waals surface area (Å²) in [5.41, 5.74) is 1.20. The topological polar surface area (TPSA) is 18.5 Å².